The van der Waals surface area contributed by atoms with E-state index in [0.717, 1.165) is 18.4 Å². The summed E-state index contributed by atoms with van der Waals surface area (Å²) in [6.45, 7) is 2.82. The van der Waals surface area contributed by atoms with Gasteiger partial charge in [-0.25, -0.2) is 0 Å². The minimum absolute atomic E-state index is 0.0896. The lowest BCUT2D eigenvalue weighted by Crippen LogP contribution is -2.36. The number of hydrogen-bond donors (Lipinski definition) is 2. The fourth-order valence-corrected chi connectivity index (χ4v) is 3.66. The van der Waals surface area contributed by atoms with Gasteiger partial charge in [-0.15, -0.1) is 0 Å². The van der Waals surface area contributed by atoms with Crippen molar-refractivity contribution in [1.82, 2.24) is 10.2 Å². The highest BCUT2D eigenvalue weighted by molar-refractivity contribution is 6.04. The average molecular weight is 380 g/mol. The van der Waals surface area contributed by atoms with Crippen molar-refractivity contribution in [2.24, 2.45) is 0 Å². The van der Waals surface area contributed by atoms with Crippen molar-refractivity contribution in [1.29, 1.82) is 0 Å². The second kappa shape index (κ2) is 9.51. The molecule has 1 saturated carbocycles. The number of nitrogens with zero attached hydrogens (tertiary/aromatic N) is 1. The molecule has 0 heterocycles. The molecular weight excluding hydrogens is 350 g/mol. The van der Waals surface area contributed by atoms with Crippen LogP contribution in [0.2, 0.25) is 0 Å². The van der Waals surface area contributed by atoms with Gasteiger partial charge in [0.1, 0.15) is 0 Å². The number of likely N-dealkylation sites (N-methyl/N-ethyl adjacent to an activating group) is 1. The van der Waals surface area contributed by atoms with Crippen LogP contribution < -0.4 is 10.6 Å². The number of aryl methyl sites for hydroxylation is 1. The Morgan fingerprint density at radius 2 is 1.71 bits per heavy atom. The predicted octanol–water partition coefficient (Wildman–Crippen LogP) is 3.74. The Morgan fingerprint density at radius 1 is 1.04 bits per heavy atom. The smallest absolute Gasteiger partial charge is 0.253 e. The van der Waals surface area contributed by atoms with Crippen molar-refractivity contribution in [3.63, 3.8) is 0 Å². The van der Waals surface area contributed by atoms with Gasteiger partial charge in [0, 0.05) is 12.6 Å². The first kappa shape index (κ1) is 20.1. The summed E-state index contributed by atoms with van der Waals surface area (Å²) in [6, 6.07) is 15.7. The molecule has 28 heavy (non-hydrogen) atoms. The number of carbonyl (C=O) groups is 2. The molecule has 5 nitrogen and oxygen atoms in total. The quantitative estimate of drug-likeness (QED) is 0.770. The molecular formula is C23H29N3O2. The van der Waals surface area contributed by atoms with E-state index in [9.17, 15) is 9.59 Å². The Labute approximate surface area is 167 Å². The predicted molar refractivity (Wildman–Crippen MR) is 112 cm³/mol. The highest BCUT2D eigenvalue weighted by atomic mass is 16.2. The summed E-state index contributed by atoms with van der Waals surface area (Å²) in [7, 11) is 2.00. The molecule has 2 N–H and O–H groups in total. The van der Waals surface area contributed by atoms with E-state index in [-0.39, 0.29) is 11.8 Å². The topological polar surface area (TPSA) is 61.4 Å². The molecule has 0 bridgehead atoms. The largest absolute Gasteiger partial charge is 0.348 e. The first-order valence-electron chi connectivity index (χ1n) is 9.96. The Hall–Kier alpha value is -2.66. The van der Waals surface area contributed by atoms with Gasteiger partial charge in [0.05, 0.1) is 17.8 Å². The van der Waals surface area contributed by atoms with E-state index < -0.39 is 0 Å². The molecule has 0 radical (unpaired) electrons. The van der Waals surface area contributed by atoms with Gasteiger partial charge in [-0.05, 0) is 44.5 Å². The Balaban J connectivity index is 1.59. The van der Waals surface area contributed by atoms with Crippen LogP contribution >= 0.6 is 0 Å². The number of benzene rings is 2. The van der Waals surface area contributed by atoms with Gasteiger partial charge in [-0.2, -0.15) is 0 Å². The molecule has 2 aromatic rings. The molecule has 0 aromatic heterocycles. The van der Waals surface area contributed by atoms with E-state index in [1.165, 1.54) is 18.4 Å². The molecule has 0 saturated heterocycles. The van der Waals surface area contributed by atoms with Gasteiger partial charge in [-0.1, -0.05) is 54.8 Å². The maximum Gasteiger partial charge on any atom is 0.253 e. The van der Waals surface area contributed by atoms with Crippen LogP contribution in [-0.2, 0) is 11.3 Å². The van der Waals surface area contributed by atoms with Crippen LogP contribution in [0.1, 0.15) is 47.2 Å². The van der Waals surface area contributed by atoms with Gasteiger partial charge in [-0.3, -0.25) is 14.5 Å². The molecule has 0 spiro atoms. The molecule has 0 atom stereocenters. The van der Waals surface area contributed by atoms with E-state index in [4.69, 9.17) is 0 Å². The standard InChI is InChI=1S/C23H29N3O2/c1-17-11-13-18(14-12-17)15-24-23(28)20-9-5-6-10-21(20)25-22(27)16-26(2)19-7-3-4-8-19/h5-6,9-14,19H,3-4,7-8,15-16H2,1-2H3,(H,24,28)(H,25,27). The minimum atomic E-state index is -0.194. The van der Waals surface area contributed by atoms with Gasteiger partial charge in [0.2, 0.25) is 5.91 Å². The van der Waals surface area contributed by atoms with Crippen molar-refractivity contribution < 1.29 is 9.59 Å². The van der Waals surface area contributed by atoms with Crippen molar-refractivity contribution in [3.05, 3.63) is 65.2 Å². The molecule has 148 valence electrons. The highest BCUT2D eigenvalue weighted by Gasteiger charge is 2.21. The van der Waals surface area contributed by atoms with Crippen molar-refractivity contribution in [2.45, 2.75) is 45.2 Å². The molecule has 2 amide bonds. The molecule has 5 heteroatoms. The number of hydrogen-bond acceptors (Lipinski definition) is 3. The zero-order chi connectivity index (χ0) is 19.9. The molecule has 2 aromatic carbocycles. The summed E-state index contributed by atoms with van der Waals surface area (Å²) in [6.07, 6.45) is 4.78. The zero-order valence-corrected chi connectivity index (χ0v) is 16.7. The normalized spacial score (nSPS) is 14.2. The van der Waals surface area contributed by atoms with Crippen LogP contribution in [-0.4, -0.2) is 36.3 Å². The van der Waals surface area contributed by atoms with E-state index in [1.54, 1.807) is 18.2 Å². The Bertz CT molecular complexity index is 811. The molecule has 1 aliphatic rings. The molecule has 3 rings (SSSR count). The third kappa shape index (κ3) is 5.42. The lowest BCUT2D eigenvalue weighted by molar-refractivity contribution is -0.117. The van der Waals surface area contributed by atoms with E-state index >= 15 is 0 Å². The van der Waals surface area contributed by atoms with Crippen molar-refractivity contribution in [2.75, 3.05) is 18.9 Å². The number of para-hydroxylation sites is 1. The summed E-state index contributed by atoms with van der Waals surface area (Å²) < 4.78 is 0. The van der Waals surface area contributed by atoms with Crippen LogP contribution in [0.15, 0.2) is 48.5 Å². The monoisotopic (exact) mass is 379 g/mol. The van der Waals surface area contributed by atoms with Gasteiger partial charge in [0.15, 0.2) is 0 Å². The Morgan fingerprint density at radius 3 is 2.43 bits per heavy atom. The SMILES string of the molecule is Cc1ccc(CNC(=O)c2ccccc2NC(=O)CN(C)C2CCCC2)cc1. The van der Waals surface area contributed by atoms with Crippen LogP contribution in [0.3, 0.4) is 0 Å². The minimum Gasteiger partial charge on any atom is -0.348 e. The van der Waals surface area contributed by atoms with Gasteiger partial charge in [0.25, 0.3) is 5.91 Å². The lowest BCUT2D eigenvalue weighted by Gasteiger charge is -2.23. The fraction of sp³-hybridized carbons (Fsp3) is 0.391. The fourth-order valence-electron chi connectivity index (χ4n) is 3.66. The summed E-state index contributed by atoms with van der Waals surface area (Å²) >= 11 is 0. The number of rotatable bonds is 7. The number of anilines is 1. The highest BCUT2D eigenvalue weighted by Crippen LogP contribution is 2.22. The Kier molecular flexibility index (Phi) is 6.82. The van der Waals surface area contributed by atoms with Crippen LogP contribution in [0.4, 0.5) is 5.69 Å². The van der Waals surface area contributed by atoms with Gasteiger partial charge >= 0.3 is 0 Å². The summed E-state index contributed by atoms with van der Waals surface area (Å²) in [5.41, 5.74) is 3.25. The molecule has 1 aliphatic carbocycles. The second-order valence-corrected chi connectivity index (χ2v) is 7.62. The van der Waals surface area contributed by atoms with Crippen LogP contribution in [0, 0.1) is 6.92 Å². The summed E-state index contributed by atoms with van der Waals surface area (Å²) in [5.74, 6) is -0.284. The van der Waals surface area contributed by atoms with E-state index in [2.05, 4.69) is 15.5 Å². The van der Waals surface area contributed by atoms with E-state index in [1.807, 2.05) is 44.3 Å². The molecule has 0 unspecified atom stereocenters. The van der Waals surface area contributed by atoms with Crippen molar-refractivity contribution >= 4 is 17.5 Å². The lowest BCUT2D eigenvalue weighted by atomic mass is 10.1. The third-order valence-corrected chi connectivity index (χ3v) is 5.36. The molecule has 1 fully saturated rings. The number of nitrogens with one attached hydrogen (secondary N) is 2. The van der Waals surface area contributed by atoms with Gasteiger partial charge < -0.3 is 10.6 Å². The van der Waals surface area contributed by atoms with Crippen LogP contribution in [0.25, 0.3) is 0 Å². The van der Waals surface area contributed by atoms with Crippen LogP contribution in [0.5, 0.6) is 0 Å². The number of carbonyl (C=O) groups excluding carboxylic acids is 2. The molecule has 0 aliphatic heterocycles. The van der Waals surface area contributed by atoms with Crippen molar-refractivity contribution in [3.8, 4) is 0 Å². The average Bonchev–Trinajstić information content (AvgIpc) is 3.22. The second-order valence-electron chi connectivity index (χ2n) is 7.62. The maximum atomic E-state index is 12.6. The maximum absolute atomic E-state index is 12.6. The summed E-state index contributed by atoms with van der Waals surface area (Å²) in [4.78, 5) is 27.2. The summed E-state index contributed by atoms with van der Waals surface area (Å²) in [5, 5.41) is 5.84. The van der Waals surface area contributed by atoms with E-state index in [0.29, 0.717) is 30.4 Å². The first-order chi connectivity index (χ1) is 13.5. The first-order valence-corrected chi connectivity index (χ1v) is 9.96. The third-order valence-electron chi connectivity index (χ3n) is 5.36. The zero-order valence-electron chi connectivity index (χ0n) is 16.7. The number of amides is 2.